The first-order valence-electron chi connectivity index (χ1n) is 11.9. The Morgan fingerprint density at radius 2 is 1.64 bits per heavy atom. The number of hydrogen-bond donors (Lipinski definition) is 0. The molecule has 1 saturated heterocycles. The van der Waals surface area contributed by atoms with Crippen molar-refractivity contribution < 1.29 is 4.79 Å². The average molecular weight is 438 g/mol. The van der Waals surface area contributed by atoms with E-state index in [1.54, 1.807) is 0 Å². The van der Waals surface area contributed by atoms with Crippen LogP contribution in [0, 0.1) is 11.3 Å². The molecule has 0 unspecified atom stereocenters. The maximum atomic E-state index is 12.8. The van der Waals surface area contributed by atoms with Gasteiger partial charge in [0.25, 0.3) is 5.91 Å². The Labute approximate surface area is 197 Å². The summed E-state index contributed by atoms with van der Waals surface area (Å²) in [4.78, 5) is 17.3. The van der Waals surface area contributed by atoms with Gasteiger partial charge < -0.3 is 4.90 Å². The van der Waals surface area contributed by atoms with Crippen LogP contribution in [0.4, 0.5) is 0 Å². The van der Waals surface area contributed by atoms with Crippen LogP contribution in [-0.2, 0) is 6.54 Å². The van der Waals surface area contributed by atoms with Crippen molar-refractivity contribution in [2.45, 2.75) is 38.8 Å². The predicted octanol–water partition coefficient (Wildman–Crippen LogP) is 5.74. The Morgan fingerprint density at radius 3 is 2.30 bits per heavy atom. The SMILES string of the molecule is CCCN(Cc1ccc(-c2ccccc2C#N)cc1)C1CCN(C(=O)c2ccccc2)CC1. The van der Waals surface area contributed by atoms with Crippen molar-refractivity contribution in [3.05, 3.63) is 95.6 Å². The molecule has 0 radical (unpaired) electrons. The maximum absolute atomic E-state index is 12.8. The Balaban J connectivity index is 1.39. The van der Waals surface area contributed by atoms with E-state index in [0.29, 0.717) is 11.6 Å². The lowest BCUT2D eigenvalue weighted by molar-refractivity contribution is 0.0607. The molecular weight excluding hydrogens is 406 g/mol. The largest absolute Gasteiger partial charge is 0.339 e. The van der Waals surface area contributed by atoms with Gasteiger partial charge in [0.1, 0.15) is 0 Å². The van der Waals surface area contributed by atoms with Crippen molar-refractivity contribution >= 4 is 5.91 Å². The van der Waals surface area contributed by atoms with Gasteiger partial charge in [-0.3, -0.25) is 9.69 Å². The molecule has 4 rings (SSSR count). The highest BCUT2D eigenvalue weighted by Gasteiger charge is 2.27. The third kappa shape index (κ3) is 5.50. The topological polar surface area (TPSA) is 47.3 Å². The summed E-state index contributed by atoms with van der Waals surface area (Å²) in [7, 11) is 0. The normalized spacial score (nSPS) is 14.3. The van der Waals surface area contributed by atoms with Crippen molar-refractivity contribution in [2.75, 3.05) is 19.6 Å². The van der Waals surface area contributed by atoms with Crippen LogP contribution in [0.25, 0.3) is 11.1 Å². The highest BCUT2D eigenvalue weighted by molar-refractivity contribution is 5.94. The number of rotatable bonds is 7. The summed E-state index contributed by atoms with van der Waals surface area (Å²) in [6.07, 6.45) is 3.12. The van der Waals surface area contributed by atoms with Crippen LogP contribution < -0.4 is 0 Å². The molecule has 4 nitrogen and oxygen atoms in total. The van der Waals surface area contributed by atoms with E-state index >= 15 is 0 Å². The van der Waals surface area contributed by atoms with Crippen molar-refractivity contribution in [1.82, 2.24) is 9.80 Å². The molecule has 33 heavy (non-hydrogen) atoms. The number of benzene rings is 3. The van der Waals surface area contributed by atoms with Crippen LogP contribution in [0.5, 0.6) is 0 Å². The van der Waals surface area contributed by atoms with Gasteiger partial charge in [0.15, 0.2) is 0 Å². The minimum absolute atomic E-state index is 0.143. The van der Waals surface area contributed by atoms with Crippen molar-refractivity contribution in [1.29, 1.82) is 5.26 Å². The van der Waals surface area contributed by atoms with Crippen LogP contribution in [0.3, 0.4) is 0 Å². The molecule has 0 aliphatic carbocycles. The Morgan fingerprint density at radius 1 is 0.970 bits per heavy atom. The molecule has 0 aromatic heterocycles. The smallest absolute Gasteiger partial charge is 0.253 e. The standard InChI is InChI=1S/C29H31N3O/c1-2-18-32(27-16-19-31(20-17-27)29(33)25-8-4-3-5-9-25)22-23-12-14-24(15-13-23)28-11-7-6-10-26(28)21-30/h3-15,27H,2,16-20,22H2,1H3. The lowest BCUT2D eigenvalue weighted by atomic mass is 9.98. The predicted molar refractivity (Wildman–Crippen MR) is 133 cm³/mol. The quantitative estimate of drug-likeness (QED) is 0.473. The summed E-state index contributed by atoms with van der Waals surface area (Å²) >= 11 is 0. The number of piperidine rings is 1. The minimum atomic E-state index is 0.143. The molecule has 0 atom stereocenters. The number of carbonyl (C=O) groups is 1. The zero-order chi connectivity index (χ0) is 23.0. The van der Waals surface area contributed by atoms with Gasteiger partial charge in [-0.25, -0.2) is 0 Å². The van der Waals surface area contributed by atoms with Crippen molar-refractivity contribution in [3.8, 4) is 17.2 Å². The molecule has 1 fully saturated rings. The molecule has 0 spiro atoms. The van der Waals surface area contributed by atoms with Gasteiger partial charge in [0.2, 0.25) is 0 Å². The van der Waals surface area contributed by atoms with E-state index < -0.39 is 0 Å². The van der Waals surface area contributed by atoms with E-state index in [2.05, 4.69) is 42.2 Å². The maximum Gasteiger partial charge on any atom is 0.253 e. The molecule has 3 aromatic rings. The Hall–Kier alpha value is -3.42. The average Bonchev–Trinajstić information content (AvgIpc) is 2.89. The van der Waals surface area contributed by atoms with E-state index in [4.69, 9.17) is 0 Å². The van der Waals surface area contributed by atoms with Gasteiger partial charge in [-0.2, -0.15) is 5.26 Å². The Kier molecular flexibility index (Phi) is 7.55. The second kappa shape index (κ2) is 10.9. The fourth-order valence-electron chi connectivity index (χ4n) is 4.73. The number of nitrogens with zero attached hydrogens (tertiary/aromatic N) is 3. The van der Waals surface area contributed by atoms with Crippen molar-refractivity contribution in [2.24, 2.45) is 0 Å². The number of likely N-dealkylation sites (tertiary alicyclic amines) is 1. The molecule has 0 N–H and O–H groups in total. The van der Waals surface area contributed by atoms with Crippen LogP contribution in [-0.4, -0.2) is 41.4 Å². The lowest BCUT2D eigenvalue weighted by Gasteiger charge is -2.38. The molecule has 0 bridgehead atoms. The third-order valence-corrected chi connectivity index (χ3v) is 6.50. The number of carbonyl (C=O) groups excluding carboxylic acids is 1. The number of hydrogen-bond acceptors (Lipinski definition) is 3. The van der Waals surface area contributed by atoms with Gasteiger partial charge in [0, 0.05) is 31.2 Å². The zero-order valence-corrected chi connectivity index (χ0v) is 19.3. The summed E-state index contributed by atoms with van der Waals surface area (Å²) in [5.74, 6) is 0.143. The summed E-state index contributed by atoms with van der Waals surface area (Å²) in [5, 5.41) is 9.39. The number of nitriles is 1. The first kappa shape index (κ1) is 22.8. The van der Waals surface area contributed by atoms with Gasteiger partial charge >= 0.3 is 0 Å². The summed E-state index contributed by atoms with van der Waals surface area (Å²) < 4.78 is 0. The van der Waals surface area contributed by atoms with Crippen LogP contribution in [0.15, 0.2) is 78.9 Å². The number of amides is 1. The molecule has 1 aliphatic heterocycles. The van der Waals surface area contributed by atoms with Crippen LogP contribution >= 0.6 is 0 Å². The molecule has 168 valence electrons. The Bertz CT molecular complexity index is 1090. The van der Waals surface area contributed by atoms with E-state index in [9.17, 15) is 10.1 Å². The van der Waals surface area contributed by atoms with Crippen LogP contribution in [0.2, 0.25) is 0 Å². The second-order valence-electron chi connectivity index (χ2n) is 8.71. The summed E-state index contributed by atoms with van der Waals surface area (Å²) in [6.45, 7) is 5.80. The lowest BCUT2D eigenvalue weighted by Crippen LogP contribution is -2.46. The van der Waals surface area contributed by atoms with Gasteiger partial charge in [0.05, 0.1) is 11.6 Å². The van der Waals surface area contributed by atoms with Crippen molar-refractivity contribution in [3.63, 3.8) is 0 Å². The molecule has 0 saturated carbocycles. The summed E-state index contributed by atoms with van der Waals surface area (Å²) in [6, 6.07) is 28.7. The molecular formula is C29H31N3O. The zero-order valence-electron chi connectivity index (χ0n) is 19.3. The highest BCUT2D eigenvalue weighted by Crippen LogP contribution is 2.25. The van der Waals surface area contributed by atoms with Gasteiger partial charge in [-0.05, 0) is 60.7 Å². The van der Waals surface area contributed by atoms with Crippen LogP contribution in [0.1, 0.15) is 47.7 Å². The van der Waals surface area contributed by atoms with E-state index in [1.807, 2.05) is 59.5 Å². The monoisotopic (exact) mass is 437 g/mol. The molecule has 3 aromatic carbocycles. The molecule has 4 heteroatoms. The molecule has 1 heterocycles. The molecule has 1 aliphatic rings. The fourth-order valence-corrected chi connectivity index (χ4v) is 4.73. The van der Waals surface area contributed by atoms with E-state index in [0.717, 1.165) is 62.1 Å². The minimum Gasteiger partial charge on any atom is -0.339 e. The van der Waals surface area contributed by atoms with E-state index in [1.165, 1.54) is 5.56 Å². The third-order valence-electron chi connectivity index (χ3n) is 6.50. The van der Waals surface area contributed by atoms with E-state index in [-0.39, 0.29) is 5.91 Å². The summed E-state index contributed by atoms with van der Waals surface area (Å²) in [5.41, 5.74) is 4.82. The van der Waals surface area contributed by atoms with Gasteiger partial charge in [-0.15, -0.1) is 0 Å². The second-order valence-corrected chi connectivity index (χ2v) is 8.71. The first-order chi connectivity index (χ1) is 16.2. The van der Waals surface area contributed by atoms with Gasteiger partial charge in [-0.1, -0.05) is 67.6 Å². The highest BCUT2D eigenvalue weighted by atomic mass is 16.2. The fraction of sp³-hybridized carbons (Fsp3) is 0.310. The molecule has 1 amide bonds. The first-order valence-corrected chi connectivity index (χ1v) is 11.9.